The third-order valence-corrected chi connectivity index (χ3v) is 3.07. The summed E-state index contributed by atoms with van der Waals surface area (Å²) in [6, 6.07) is 5.14. The van der Waals surface area contributed by atoms with Crippen LogP contribution in [0.5, 0.6) is 5.75 Å². The molecule has 0 amide bonds. The minimum atomic E-state index is -0.207. The van der Waals surface area contributed by atoms with Gasteiger partial charge in [0.25, 0.3) is 0 Å². The van der Waals surface area contributed by atoms with Crippen molar-refractivity contribution >= 4 is 0 Å². The van der Waals surface area contributed by atoms with Crippen LogP contribution in [0.3, 0.4) is 0 Å². The Kier molecular flexibility index (Phi) is 5.80. The van der Waals surface area contributed by atoms with Crippen molar-refractivity contribution in [1.29, 1.82) is 0 Å². The standard InChI is InChI=1S/C16H26FNO/c1-6-18-12(2)14-8-7-13(11-15(14)17)19-10-9-16(3,4)5/h7-8,11-12,18H,6,9-10H2,1-5H3. The molecule has 0 aliphatic heterocycles. The van der Waals surface area contributed by atoms with Gasteiger partial charge in [-0.15, -0.1) is 0 Å². The van der Waals surface area contributed by atoms with E-state index < -0.39 is 0 Å². The lowest BCUT2D eigenvalue weighted by Gasteiger charge is -2.18. The monoisotopic (exact) mass is 267 g/mol. The lowest BCUT2D eigenvalue weighted by atomic mass is 9.93. The van der Waals surface area contributed by atoms with Crippen molar-refractivity contribution in [1.82, 2.24) is 5.32 Å². The van der Waals surface area contributed by atoms with Gasteiger partial charge in [-0.25, -0.2) is 4.39 Å². The summed E-state index contributed by atoms with van der Waals surface area (Å²) in [5, 5.41) is 3.20. The van der Waals surface area contributed by atoms with E-state index in [9.17, 15) is 4.39 Å². The lowest BCUT2D eigenvalue weighted by molar-refractivity contribution is 0.242. The van der Waals surface area contributed by atoms with Crippen LogP contribution < -0.4 is 10.1 Å². The van der Waals surface area contributed by atoms with Gasteiger partial charge in [-0.3, -0.25) is 0 Å². The first-order valence-corrected chi connectivity index (χ1v) is 6.99. The van der Waals surface area contributed by atoms with Crippen molar-refractivity contribution in [2.24, 2.45) is 5.41 Å². The van der Waals surface area contributed by atoms with Crippen LogP contribution >= 0.6 is 0 Å². The SMILES string of the molecule is CCNC(C)c1ccc(OCCC(C)(C)C)cc1F. The van der Waals surface area contributed by atoms with E-state index in [2.05, 4.69) is 26.1 Å². The van der Waals surface area contributed by atoms with Crippen molar-refractivity contribution in [2.75, 3.05) is 13.2 Å². The summed E-state index contributed by atoms with van der Waals surface area (Å²) in [5.41, 5.74) is 0.919. The number of benzene rings is 1. The Hall–Kier alpha value is -1.09. The molecule has 0 bridgehead atoms. The summed E-state index contributed by atoms with van der Waals surface area (Å²) >= 11 is 0. The Morgan fingerprint density at radius 3 is 2.53 bits per heavy atom. The Morgan fingerprint density at radius 1 is 1.32 bits per heavy atom. The molecule has 0 spiro atoms. The summed E-state index contributed by atoms with van der Waals surface area (Å²) in [6.45, 7) is 11.9. The Balaban J connectivity index is 2.61. The molecule has 0 radical (unpaired) electrons. The number of ether oxygens (including phenoxy) is 1. The van der Waals surface area contributed by atoms with Gasteiger partial charge in [0.2, 0.25) is 0 Å². The maximum Gasteiger partial charge on any atom is 0.131 e. The minimum absolute atomic E-state index is 0.0219. The largest absolute Gasteiger partial charge is 0.493 e. The van der Waals surface area contributed by atoms with Crippen LogP contribution in [0, 0.1) is 11.2 Å². The molecular formula is C16H26FNO. The Bertz CT molecular complexity index is 398. The average Bonchev–Trinajstić information content (AvgIpc) is 2.27. The molecular weight excluding hydrogens is 241 g/mol. The topological polar surface area (TPSA) is 21.3 Å². The summed E-state index contributed by atoms with van der Waals surface area (Å²) in [7, 11) is 0. The predicted octanol–water partition coefficient (Wildman–Crippen LogP) is 4.31. The second-order valence-corrected chi connectivity index (χ2v) is 6.12. The molecule has 1 atom stereocenters. The van der Waals surface area contributed by atoms with E-state index in [4.69, 9.17) is 4.74 Å². The number of hydrogen-bond donors (Lipinski definition) is 1. The summed E-state index contributed by atoms with van der Waals surface area (Å²) in [4.78, 5) is 0. The summed E-state index contributed by atoms with van der Waals surface area (Å²) in [6.07, 6.45) is 0.949. The zero-order valence-electron chi connectivity index (χ0n) is 12.7. The molecule has 0 aliphatic carbocycles. The molecule has 1 aromatic rings. The molecule has 0 saturated carbocycles. The highest BCUT2D eigenvalue weighted by Gasteiger charge is 2.12. The van der Waals surface area contributed by atoms with Gasteiger partial charge in [0, 0.05) is 17.7 Å². The van der Waals surface area contributed by atoms with Gasteiger partial charge in [0.1, 0.15) is 11.6 Å². The van der Waals surface area contributed by atoms with E-state index in [-0.39, 0.29) is 17.3 Å². The van der Waals surface area contributed by atoms with E-state index in [0.29, 0.717) is 17.9 Å². The molecule has 1 aromatic carbocycles. The molecule has 0 aromatic heterocycles. The minimum Gasteiger partial charge on any atom is -0.493 e. The molecule has 0 aliphatic rings. The van der Waals surface area contributed by atoms with Crippen molar-refractivity contribution in [2.45, 2.75) is 47.1 Å². The highest BCUT2D eigenvalue weighted by molar-refractivity contribution is 5.30. The van der Waals surface area contributed by atoms with Crippen LogP contribution in [0.15, 0.2) is 18.2 Å². The van der Waals surface area contributed by atoms with Crippen LogP contribution in [0.25, 0.3) is 0 Å². The second-order valence-electron chi connectivity index (χ2n) is 6.12. The van der Waals surface area contributed by atoms with Gasteiger partial charge >= 0.3 is 0 Å². The van der Waals surface area contributed by atoms with E-state index in [1.54, 1.807) is 6.07 Å². The molecule has 2 nitrogen and oxygen atoms in total. The lowest BCUT2D eigenvalue weighted by Crippen LogP contribution is -2.18. The first-order valence-electron chi connectivity index (χ1n) is 6.99. The van der Waals surface area contributed by atoms with Crippen molar-refractivity contribution < 1.29 is 9.13 Å². The number of nitrogens with one attached hydrogen (secondary N) is 1. The van der Waals surface area contributed by atoms with Gasteiger partial charge < -0.3 is 10.1 Å². The van der Waals surface area contributed by atoms with Gasteiger partial charge in [-0.1, -0.05) is 33.8 Å². The quantitative estimate of drug-likeness (QED) is 0.829. The maximum absolute atomic E-state index is 14.0. The van der Waals surface area contributed by atoms with Gasteiger partial charge in [-0.2, -0.15) is 0 Å². The summed E-state index contributed by atoms with van der Waals surface area (Å²) < 4.78 is 19.6. The highest BCUT2D eigenvalue weighted by Crippen LogP contribution is 2.23. The Morgan fingerprint density at radius 2 is 2.00 bits per heavy atom. The smallest absolute Gasteiger partial charge is 0.131 e. The van der Waals surface area contributed by atoms with Crippen LogP contribution in [0.1, 0.15) is 52.6 Å². The zero-order chi connectivity index (χ0) is 14.5. The first kappa shape index (κ1) is 16.0. The molecule has 0 saturated heterocycles. The van der Waals surface area contributed by atoms with Gasteiger partial charge in [-0.05, 0) is 31.4 Å². The third-order valence-electron chi connectivity index (χ3n) is 3.07. The highest BCUT2D eigenvalue weighted by atomic mass is 19.1. The predicted molar refractivity (Wildman–Crippen MR) is 78.1 cm³/mol. The van der Waals surface area contributed by atoms with Crippen LogP contribution in [-0.4, -0.2) is 13.2 Å². The molecule has 1 rings (SSSR count). The van der Waals surface area contributed by atoms with Gasteiger partial charge in [0.05, 0.1) is 6.61 Å². The van der Waals surface area contributed by atoms with Crippen molar-refractivity contribution in [3.05, 3.63) is 29.6 Å². The first-order chi connectivity index (χ1) is 8.83. The maximum atomic E-state index is 14.0. The third kappa shape index (κ3) is 5.60. The zero-order valence-corrected chi connectivity index (χ0v) is 12.7. The van der Waals surface area contributed by atoms with Crippen molar-refractivity contribution in [3.8, 4) is 5.75 Å². The van der Waals surface area contributed by atoms with Crippen LogP contribution in [-0.2, 0) is 0 Å². The molecule has 0 fully saturated rings. The second kappa shape index (κ2) is 6.90. The van der Waals surface area contributed by atoms with Crippen LogP contribution in [0.2, 0.25) is 0 Å². The molecule has 3 heteroatoms. The van der Waals surface area contributed by atoms with E-state index in [1.807, 2.05) is 19.9 Å². The number of hydrogen-bond acceptors (Lipinski definition) is 2. The molecule has 0 heterocycles. The fourth-order valence-electron chi connectivity index (χ4n) is 1.84. The molecule has 1 N–H and O–H groups in total. The number of halogens is 1. The average molecular weight is 267 g/mol. The summed E-state index contributed by atoms with van der Waals surface area (Å²) in [5.74, 6) is 0.399. The van der Waals surface area contributed by atoms with Crippen molar-refractivity contribution in [3.63, 3.8) is 0 Å². The van der Waals surface area contributed by atoms with E-state index in [1.165, 1.54) is 6.07 Å². The van der Waals surface area contributed by atoms with Gasteiger partial charge in [0.15, 0.2) is 0 Å². The van der Waals surface area contributed by atoms with E-state index >= 15 is 0 Å². The number of rotatable bonds is 6. The normalized spacial score (nSPS) is 13.4. The fraction of sp³-hybridized carbons (Fsp3) is 0.625. The Labute approximate surface area is 116 Å². The molecule has 1 unspecified atom stereocenters. The van der Waals surface area contributed by atoms with E-state index in [0.717, 1.165) is 13.0 Å². The van der Waals surface area contributed by atoms with Crippen LogP contribution in [0.4, 0.5) is 4.39 Å². The molecule has 19 heavy (non-hydrogen) atoms. The molecule has 108 valence electrons. The fourth-order valence-corrected chi connectivity index (χ4v) is 1.84.